The largest absolute Gasteiger partial charge is 0.332 e. The lowest BCUT2D eigenvalue weighted by Gasteiger charge is -2.36. The van der Waals surface area contributed by atoms with E-state index in [2.05, 4.69) is 69.8 Å². The average Bonchev–Trinajstić information content (AvgIpc) is 2.67. The molecule has 0 amide bonds. The zero-order chi connectivity index (χ0) is 16.2. The van der Waals surface area contributed by atoms with E-state index in [9.17, 15) is 0 Å². The maximum Gasteiger partial charge on any atom is 0.0493 e. The molecule has 0 aliphatic carbocycles. The normalized spacial score (nSPS) is 20.4. The van der Waals surface area contributed by atoms with Crippen molar-refractivity contribution in [1.29, 1.82) is 0 Å². The standard InChI is InChI=1S/C20H23N3S/c1-2-6-17(7-3-1)19-8-4-5-13-23(19)21-15-16-9-10-18-11-12-22-24-20(18)14-16/h1-3,6-7,9-12,14,19,21-22H,4-5,8,13,15H2. The van der Waals surface area contributed by atoms with Crippen LogP contribution in [0, 0.1) is 0 Å². The summed E-state index contributed by atoms with van der Waals surface area (Å²) in [6.07, 6.45) is 7.92. The van der Waals surface area contributed by atoms with E-state index >= 15 is 0 Å². The van der Waals surface area contributed by atoms with Crippen molar-refractivity contribution in [3.05, 3.63) is 71.4 Å². The maximum absolute atomic E-state index is 3.68. The molecule has 0 saturated carbocycles. The number of hydrogen-bond donors (Lipinski definition) is 2. The summed E-state index contributed by atoms with van der Waals surface area (Å²) in [7, 11) is 0. The molecule has 0 bridgehead atoms. The lowest BCUT2D eigenvalue weighted by atomic mass is 9.97. The van der Waals surface area contributed by atoms with E-state index < -0.39 is 0 Å². The number of hydrazine groups is 1. The first-order valence-electron chi connectivity index (χ1n) is 8.67. The third-order valence-electron chi connectivity index (χ3n) is 4.75. The molecule has 2 aliphatic heterocycles. The fourth-order valence-electron chi connectivity index (χ4n) is 3.47. The lowest BCUT2D eigenvalue weighted by Crippen LogP contribution is -2.43. The number of piperidine rings is 1. The highest BCUT2D eigenvalue weighted by molar-refractivity contribution is 7.97. The Hall–Kier alpha value is -1.75. The average molecular weight is 337 g/mol. The molecule has 4 rings (SSSR count). The fraction of sp³-hybridized carbons (Fsp3) is 0.300. The van der Waals surface area contributed by atoms with E-state index in [0.29, 0.717) is 6.04 Å². The molecule has 1 saturated heterocycles. The van der Waals surface area contributed by atoms with Crippen LogP contribution >= 0.6 is 11.9 Å². The second-order valence-corrected chi connectivity index (χ2v) is 7.26. The van der Waals surface area contributed by atoms with Gasteiger partial charge in [0.15, 0.2) is 0 Å². The minimum absolute atomic E-state index is 0.483. The van der Waals surface area contributed by atoms with Crippen molar-refractivity contribution in [2.75, 3.05) is 6.54 Å². The van der Waals surface area contributed by atoms with E-state index in [1.165, 1.54) is 40.8 Å². The van der Waals surface area contributed by atoms with Gasteiger partial charge in [-0.15, -0.1) is 0 Å². The van der Waals surface area contributed by atoms with E-state index in [4.69, 9.17) is 0 Å². The van der Waals surface area contributed by atoms with Gasteiger partial charge in [-0.05, 0) is 53.6 Å². The highest BCUT2D eigenvalue weighted by Gasteiger charge is 2.23. The third-order valence-corrected chi connectivity index (χ3v) is 5.58. The lowest BCUT2D eigenvalue weighted by molar-refractivity contribution is 0.0825. The molecule has 1 atom stereocenters. The summed E-state index contributed by atoms with van der Waals surface area (Å²) in [5, 5.41) is 2.43. The quantitative estimate of drug-likeness (QED) is 0.803. The van der Waals surface area contributed by atoms with Crippen LogP contribution in [0.2, 0.25) is 0 Å². The number of nitrogens with zero attached hydrogens (tertiary/aromatic N) is 1. The summed E-state index contributed by atoms with van der Waals surface area (Å²) in [6, 6.07) is 18.1. The summed E-state index contributed by atoms with van der Waals surface area (Å²) in [6.45, 7) is 1.99. The van der Waals surface area contributed by atoms with Crippen LogP contribution in [0.5, 0.6) is 0 Å². The van der Waals surface area contributed by atoms with Crippen LogP contribution in [0.4, 0.5) is 0 Å². The summed E-state index contributed by atoms with van der Waals surface area (Å²) in [5.41, 5.74) is 7.72. The van der Waals surface area contributed by atoms with Crippen molar-refractivity contribution in [3.8, 4) is 0 Å². The summed E-state index contributed by atoms with van der Waals surface area (Å²) in [5.74, 6) is 0. The number of hydrogen-bond acceptors (Lipinski definition) is 4. The van der Waals surface area contributed by atoms with Gasteiger partial charge in [0.05, 0.1) is 0 Å². The smallest absolute Gasteiger partial charge is 0.0493 e. The second kappa shape index (κ2) is 7.43. The molecule has 0 aromatic heterocycles. The molecule has 2 aromatic rings. The Balaban J connectivity index is 1.45. The van der Waals surface area contributed by atoms with Gasteiger partial charge >= 0.3 is 0 Å². The minimum atomic E-state index is 0.483. The Labute approximate surface area is 148 Å². The third kappa shape index (κ3) is 3.51. The van der Waals surface area contributed by atoms with Crippen molar-refractivity contribution in [2.24, 2.45) is 0 Å². The van der Waals surface area contributed by atoms with E-state index in [1.807, 2.05) is 6.20 Å². The van der Waals surface area contributed by atoms with Gasteiger partial charge in [0, 0.05) is 30.2 Å². The summed E-state index contributed by atoms with van der Waals surface area (Å²) >= 11 is 1.68. The molecule has 2 aromatic carbocycles. The Morgan fingerprint density at radius 2 is 2.04 bits per heavy atom. The van der Waals surface area contributed by atoms with Gasteiger partial charge in [0.25, 0.3) is 0 Å². The molecule has 4 heteroatoms. The van der Waals surface area contributed by atoms with Crippen LogP contribution in [0.1, 0.15) is 42.0 Å². The van der Waals surface area contributed by atoms with Gasteiger partial charge in [-0.25, -0.2) is 5.01 Å². The first kappa shape index (κ1) is 15.8. The highest BCUT2D eigenvalue weighted by Crippen LogP contribution is 2.30. The van der Waals surface area contributed by atoms with Crippen LogP contribution in [-0.4, -0.2) is 11.6 Å². The zero-order valence-electron chi connectivity index (χ0n) is 13.7. The molecular formula is C20H23N3S. The van der Waals surface area contributed by atoms with Crippen molar-refractivity contribution >= 4 is 18.0 Å². The van der Waals surface area contributed by atoms with Gasteiger partial charge in [0.1, 0.15) is 0 Å². The first-order valence-corrected chi connectivity index (χ1v) is 9.49. The van der Waals surface area contributed by atoms with E-state index in [1.54, 1.807) is 11.9 Å². The fourth-order valence-corrected chi connectivity index (χ4v) is 4.20. The first-order chi connectivity index (χ1) is 11.9. The van der Waals surface area contributed by atoms with Gasteiger partial charge in [-0.2, -0.15) is 0 Å². The maximum atomic E-state index is 3.68. The topological polar surface area (TPSA) is 27.3 Å². The van der Waals surface area contributed by atoms with Gasteiger partial charge < -0.3 is 4.72 Å². The van der Waals surface area contributed by atoms with Crippen LogP contribution in [0.15, 0.2) is 59.6 Å². The Morgan fingerprint density at radius 3 is 2.96 bits per heavy atom. The van der Waals surface area contributed by atoms with Crippen molar-refractivity contribution < 1.29 is 0 Å². The van der Waals surface area contributed by atoms with E-state index in [-0.39, 0.29) is 0 Å². The van der Waals surface area contributed by atoms with Crippen molar-refractivity contribution in [1.82, 2.24) is 15.2 Å². The number of benzene rings is 2. The number of fused-ring (bicyclic) bond motifs is 1. The van der Waals surface area contributed by atoms with E-state index in [0.717, 1.165) is 13.1 Å². The molecule has 3 nitrogen and oxygen atoms in total. The Morgan fingerprint density at radius 1 is 1.12 bits per heavy atom. The molecule has 124 valence electrons. The summed E-state index contributed by atoms with van der Waals surface area (Å²) < 4.78 is 3.21. The predicted octanol–water partition coefficient (Wildman–Crippen LogP) is 4.50. The zero-order valence-corrected chi connectivity index (χ0v) is 14.6. The van der Waals surface area contributed by atoms with Crippen LogP contribution in [0.25, 0.3) is 6.08 Å². The molecule has 1 fully saturated rings. The Bertz CT molecular complexity index is 714. The van der Waals surface area contributed by atoms with Crippen LogP contribution < -0.4 is 10.1 Å². The predicted molar refractivity (Wildman–Crippen MR) is 101 cm³/mol. The number of nitrogens with one attached hydrogen (secondary N) is 2. The molecule has 1 unspecified atom stereocenters. The summed E-state index contributed by atoms with van der Waals surface area (Å²) in [4.78, 5) is 1.30. The second-order valence-electron chi connectivity index (χ2n) is 6.38. The van der Waals surface area contributed by atoms with Crippen molar-refractivity contribution in [2.45, 2.75) is 36.7 Å². The molecule has 2 N–H and O–H groups in total. The molecule has 0 spiro atoms. The molecule has 2 aliphatic rings. The monoisotopic (exact) mass is 337 g/mol. The van der Waals surface area contributed by atoms with Crippen LogP contribution in [0.3, 0.4) is 0 Å². The molecule has 2 heterocycles. The molecule has 24 heavy (non-hydrogen) atoms. The van der Waals surface area contributed by atoms with Gasteiger partial charge in [-0.3, -0.25) is 5.43 Å². The Kier molecular flexibility index (Phi) is 4.88. The molecule has 0 radical (unpaired) electrons. The van der Waals surface area contributed by atoms with Gasteiger partial charge in [0.2, 0.25) is 0 Å². The highest BCUT2D eigenvalue weighted by atomic mass is 32.2. The molecular weight excluding hydrogens is 314 g/mol. The number of rotatable bonds is 4. The van der Waals surface area contributed by atoms with Gasteiger partial charge in [-0.1, -0.05) is 48.9 Å². The SMILES string of the molecule is C1=Cc2ccc(CNN3CCCCC3c3ccccc3)cc2SN1. The van der Waals surface area contributed by atoms with Crippen LogP contribution in [-0.2, 0) is 6.54 Å². The minimum Gasteiger partial charge on any atom is -0.332 e. The van der Waals surface area contributed by atoms with Crippen molar-refractivity contribution in [3.63, 3.8) is 0 Å².